The third-order valence-corrected chi connectivity index (χ3v) is 2.81. The highest BCUT2D eigenvalue weighted by atomic mass is 31.1. The van der Waals surface area contributed by atoms with E-state index in [1.54, 1.807) is 0 Å². The first-order chi connectivity index (χ1) is 10.1. The Morgan fingerprint density at radius 2 is 1.90 bits per heavy atom. The zero-order valence-corrected chi connectivity index (χ0v) is 13.3. The van der Waals surface area contributed by atoms with Crippen LogP contribution >= 0.6 is 8.81 Å². The fourth-order valence-corrected chi connectivity index (χ4v) is 1.47. The fraction of sp³-hybridized carbons (Fsp3) is 0.429. The molecule has 6 nitrogen and oxygen atoms in total. The molecule has 0 spiro atoms. The Labute approximate surface area is 126 Å². The van der Waals surface area contributed by atoms with Gasteiger partial charge >= 0.3 is 12.1 Å². The van der Waals surface area contributed by atoms with Crippen molar-refractivity contribution in [3.8, 4) is 0 Å². The van der Waals surface area contributed by atoms with E-state index in [2.05, 4.69) is 10.1 Å². The Morgan fingerprint density at radius 1 is 1.29 bits per heavy atom. The smallest absolute Gasteiger partial charge is 0.407 e. The molecular formula is C14H22NO5P. The molecule has 1 aromatic rings. The van der Waals surface area contributed by atoms with Crippen LogP contribution in [-0.4, -0.2) is 36.8 Å². The molecule has 0 bridgehead atoms. The quantitative estimate of drug-likeness (QED) is 0.477. The van der Waals surface area contributed by atoms with Crippen molar-refractivity contribution in [3.05, 3.63) is 35.9 Å². The molecule has 0 saturated heterocycles. The largest absolute Gasteiger partial charge is 0.469 e. The number of carbonyl (C=O) groups excluding carboxylic acids is 2. The molecule has 1 unspecified atom stereocenters. The van der Waals surface area contributed by atoms with Crippen molar-refractivity contribution in [2.75, 3.05) is 19.8 Å². The van der Waals surface area contributed by atoms with Gasteiger partial charge in [-0.1, -0.05) is 30.3 Å². The minimum atomic E-state index is -0.412. The van der Waals surface area contributed by atoms with Crippen molar-refractivity contribution in [2.24, 2.45) is 0 Å². The molecule has 0 aliphatic rings. The van der Waals surface area contributed by atoms with E-state index < -0.39 is 6.09 Å². The van der Waals surface area contributed by atoms with Crippen LogP contribution in [0, 0.1) is 0 Å². The van der Waals surface area contributed by atoms with E-state index in [9.17, 15) is 9.59 Å². The van der Waals surface area contributed by atoms with Crippen LogP contribution in [0.3, 0.4) is 0 Å². The number of benzene rings is 1. The van der Waals surface area contributed by atoms with Crippen molar-refractivity contribution in [1.29, 1.82) is 0 Å². The molecule has 1 amide bonds. The molecule has 2 N–H and O–H groups in total. The maximum absolute atomic E-state index is 11.2. The minimum Gasteiger partial charge on any atom is -0.469 e. The van der Waals surface area contributed by atoms with E-state index in [4.69, 9.17) is 9.63 Å². The van der Waals surface area contributed by atoms with Crippen molar-refractivity contribution in [3.63, 3.8) is 0 Å². The van der Waals surface area contributed by atoms with Gasteiger partial charge in [-0.3, -0.25) is 4.79 Å². The van der Waals surface area contributed by atoms with Crippen LogP contribution in [-0.2, 0) is 20.9 Å². The van der Waals surface area contributed by atoms with Gasteiger partial charge < -0.3 is 19.7 Å². The summed E-state index contributed by atoms with van der Waals surface area (Å²) in [6, 6.07) is 9.52. The molecule has 0 fully saturated rings. The number of ether oxygens (including phenoxy) is 2. The molecule has 0 saturated carbocycles. The fourth-order valence-electron chi connectivity index (χ4n) is 1.13. The third kappa shape index (κ3) is 13.1. The lowest BCUT2D eigenvalue weighted by Gasteiger charge is -2.06. The van der Waals surface area contributed by atoms with Crippen LogP contribution in [0.1, 0.15) is 18.9 Å². The van der Waals surface area contributed by atoms with Crippen LogP contribution in [0.4, 0.5) is 4.79 Å². The SMILES string of the molecule is COC(C)=O.O=C(NCCCPO)OCc1ccccc1. The lowest BCUT2D eigenvalue weighted by molar-refractivity contribution is -0.137. The molecule has 0 radical (unpaired) electrons. The number of alkyl carbamates (subject to hydrolysis) is 1. The highest BCUT2D eigenvalue weighted by Gasteiger charge is 2.00. The van der Waals surface area contributed by atoms with Crippen molar-refractivity contribution in [2.45, 2.75) is 20.0 Å². The molecule has 7 heteroatoms. The number of carbonyl (C=O) groups is 2. The van der Waals surface area contributed by atoms with Crippen molar-refractivity contribution in [1.82, 2.24) is 5.32 Å². The molecular weight excluding hydrogens is 293 g/mol. The molecule has 0 heterocycles. The van der Waals surface area contributed by atoms with Crippen molar-refractivity contribution >= 4 is 20.9 Å². The topological polar surface area (TPSA) is 84.9 Å². The van der Waals surface area contributed by atoms with Gasteiger partial charge in [0.05, 0.1) is 7.11 Å². The molecule has 0 aromatic heterocycles. The number of amides is 1. The van der Waals surface area contributed by atoms with Gasteiger partial charge in [-0.25, -0.2) is 4.79 Å². The molecule has 1 atom stereocenters. The van der Waals surface area contributed by atoms with E-state index in [1.165, 1.54) is 14.0 Å². The minimum absolute atomic E-state index is 0.0524. The van der Waals surface area contributed by atoms with E-state index in [0.29, 0.717) is 6.54 Å². The Morgan fingerprint density at radius 3 is 2.43 bits per heavy atom. The van der Waals surface area contributed by atoms with Crippen LogP contribution in [0.25, 0.3) is 0 Å². The molecule has 0 aliphatic heterocycles. The molecule has 0 aliphatic carbocycles. The zero-order valence-electron chi connectivity index (χ0n) is 12.3. The first kappa shape index (κ1) is 19.4. The van der Waals surface area contributed by atoms with Crippen LogP contribution in [0.5, 0.6) is 0 Å². The Kier molecular flexibility index (Phi) is 12.3. The summed E-state index contributed by atoms with van der Waals surface area (Å²) in [6.45, 7) is 2.19. The van der Waals surface area contributed by atoms with E-state index in [1.807, 2.05) is 30.3 Å². The van der Waals surface area contributed by atoms with Gasteiger partial charge in [0.1, 0.15) is 6.61 Å². The van der Waals surface area contributed by atoms with E-state index in [-0.39, 0.29) is 21.4 Å². The Balaban J connectivity index is 0.000000690. The number of esters is 1. The number of hydrogen-bond donors (Lipinski definition) is 2. The van der Waals surface area contributed by atoms with Crippen molar-refractivity contribution < 1.29 is 24.0 Å². The summed E-state index contributed by atoms with van der Waals surface area (Å²) in [6.07, 6.45) is 1.08. The third-order valence-electron chi connectivity index (χ3n) is 2.23. The van der Waals surface area contributed by atoms with Gasteiger partial charge in [-0.15, -0.1) is 0 Å². The average molecular weight is 315 g/mol. The number of nitrogens with one attached hydrogen (secondary N) is 1. The summed E-state index contributed by atoms with van der Waals surface area (Å²) >= 11 is 0. The predicted octanol–water partition coefficient (Wildman–Crippen LogP) is 2.07. The first-order valence-electron chi connectivity index (χ1n) is 6.46. The zero-order chi connectivity index (χ0) is 15.9. The van der Waals surface area contributed by atoms with Gasteiger partial charge in [0, 0.05) is 22.3 Å². The second-order valence-electron chi connectivity index (χ2n) is 3.95. The second-order valence-corrected chi connectivity index (χ2v) is 4.76. The summed E-state index contributed by atoms with van der Waals surface area (Å²) in [5.41, 5.74) is 0.967. The Hall–Kier alpha value is -1.65. The number of methoxy groups -OCH3 is 1. The van der Waals surface area contributed by atoms with Crippen LogP contribution in [0.2, 0.25) is 0 Å². The number of hydrogen-bond acceptors (Lipinski definition) is 5. The average Bonchev–Trinajstić information content (AvgIpc) is 2.51. The summed E-state index contributed by atoms with van der Waals surface area (Å²) in [4.78, 5) is 29.3. The maximum Gasteiger partial charge on any atom is 0.407 e. The van der Waals surface area contributed by atoms with E-state index >= 15 is 0 Å². The molecule has 1 aromatic carbocycles. The monoisotopic (exact) mass is 315 g/mol. The number of rotatable bonds is 6. The van der Waals surface area contributed by atoms with Gasteiger partial charge in [0.2, 0.25) is 0 Å². The lowest BCUT2D eigenvalue weighted by Crippen LogP contribution is -2.25. The van der Waals surface area contributed by atoms with Crippen LogP contribution in [0.15, 0.2) is 30.3 Å². The normalized spacial score (nSPS) is 9.67. The van der Waals surface area contributed by atoms with Gasteiger partial charge in [-0.2, -0.15) is 0 Å². The first-order valence-corrected chi connectivity index (χ1v) is 7.61. The second kappa shape index (κ2) is 13.3. The van der Waals surface area contributed by atoms with Crippen LogP contribution < -0.4 is 5.32 Å². The molecule has 1 rings (SSSR count). The summed E-state index contributed by atoms with van der Waals surface area (Å²) < 4.78 is 9.11. The highest BCUT2D eigenvalue weighted by Crippen LogP contribution is 2.02. The van der Waals surface area contributed by atoms with Gasteiger partial charge in [0.15, 0.2) is 0 Å². The van der Waals surface area contributed by atoms with Gasteiger partial charge in [-0.05, 0) is 18.1 Å². The standard InChI is InChI=1S/C11H16NO3P.C3H6O2/c13-11(12-7-4-8-16-14)15-9-10-5-2-1-3-6-10;1-3(4)5-2/h1-3,5-6,14,16H,4,7-9H2,(H,12,13);1-2H3. The Bertz CT molecular complexity index is 400. The summed E-state index contributed by atoms with van der Waals surface area (Å²) in [5.74, 6) is -0.245. The lowest BCUT2D eigenvalue weighted by atomic mass is 10.2. The summed E-state index contributed by atoms with van der Waals surface area (Å²) in [7, 11) is 1.30. The highest BCUT2D eigenvalue weighted by molar-refractivity contribution is 7.31. The van der Waals surface area contributed by atoms with E-state index in [0.717, 1.165) is 18.1 Å². The van der Waals surface area contributed by atoms with Gasteiger partial charge in [0.25, 0.3) is 0 Å². The maximum atomic E-state index is 11.2. The summed E-state index contributed by atoms with van der Waals surface area (Å²) in [5, 5.41) is 2.62. The molecule has 118 valence electrons. The molecule has 21 heavy (non-hydrogen) atoms. The predicted molar refractivity (Wildman–Crippen MR) is 82.3 cm³/mol.